The Bertz CT molecular complexity index is 1100. The number of rotatable bonds is 3. The zero-order valence-electron chi connectivity index (χ0n) is 13.8. The van der Waals surface area contributed by atoms with Crippen LogP contribution in [0.3, 0.4) is 0 Å². The standard InChI is InChI=1S/C19H16N2O3S2/c20-11-14-4-3-5-15(10-14)26(22,23)21-8-9-24-18(12-21)17-13-25-19-7-2-1-6-16(17)19/h1-7,10,13,18H,8-9,12H2/t18-/m0/s1. The van der Waals surface area contributed by atoms with Crippen molar-refractivity contribution < 1.29 is 13.2 Å². The Morgan fingerprint density at radius 1 is 1.19 bits per heavy atom. The van der Waals surface area contributed by atoms with Gasteiger partial charge in [0.25, 0.3) is 0 Å². The number of ether oxygens (including phenoxy) is 1. The van der Waals surface area contributed by atoms with Crippen molar-refractivity contribution in [2.24, 2.45) is 0 Å². The van der Waals surface area contributed by atoms with Gasteiger partial charge in [-0.15, -0.1) is 11.3 Å². The second-order valence-electron chi connectivity index (χ2n) is 6.05. The van der Waals surface area contributed by atoms with E-state index in [1.807, 2.05) is 35.7 Å². The Morgan fingerprint density at radius 2 is 2.04 bits per heavy atom. The molecule has 0 unspecified atom stereocenters. The maximum Gasteiger partial charge on any atom is 0.243 e. The maximum atomic E-state index is 13.0. The van der Waals surface area contributed by atoms with E-state index in [1.165, 1.54) is 16.4 Å². The van der Waals surface area contributed by atoms with Crippen LogP contribution in [0, 0.1) is 11.3 Å². The van der Waals surface area contributed by atoms with Gasteiger partial charge in [-0.1, -0.05) is 24.3 Å². The van der Waals surface area contributed by atoms with E-state index in [-0.39, 0.29) is 17.5 Å². The largest absolute Gasteiger partial charge is 0.371 e. The van der Waals surface area contributed by atoms with Crippen LogP contribution in [0.1, 0.15) is 17.2 Å². The zero-order chi connectivity index (χ0) is 18.1. The molecule has 1 aliphatic heterocycles. The average Bonchev–Trinajstić information content (AvgIpc) is 3.12. The number of morpholine rings is 1. The Kier molecular flexibility index (Phi) is 4.51. The highest BCUT2D eigenvalue weighted by Crippen LogP contribution is 2.34. The lowest BCUT2D eigenvalue weighted by atomic mass is 10.1. The lowest BCUT2D eigenvalue weighted by Gasteiger charge is -2.32. The van der Waals surface area contributed by atoms with Gasteiger partial charge in [0.2, 0.25) is 10.0 Å². The fraction of sp³-hybridized carbons (Fsp3) is 0.211. The molecule has 1 saturated heterocycles. The van der Waals surface area contributed by atoms with Crippen molar-refractivity contribution in [2.45, 2.75) is 11.0 Å². The first-order chi connectivity index (χ1) is 12.6. The highest BCUT2D eigenvalue weighted by Gasteiger charge is 2.32. The molecule has 0 N–H and O–H groups in total. The topological polar surface area (TPSA) is 70.4 Å². The number of hydrogen-bond donors (Lipinski definition) is 0. The molecule has 0 saturated carbocycles. The Balaban J connectivity index is 1.65. The van der Waals surface area contributed by atoms with Crippen LogP contribution in [0.25, 0.3) is 10.1 Å². The number of nitrogens with zero attached hydrogens (tertiary/aromatic N) is 2. The van der Waals surface area contributed by atoms with Crippen LogP contribution in [0.2, 0.25) is 0 Å². The van der Waals surface area contributed by atoms with Gasteiger partial charge in [-0.2, -0.15) is 9.57 Å². The van der Waals surface area contributed by atoms with Crippen molar-refractivity contribution in [1.82, 2.24) is 4.31 Å². The fourth-order valence-electron chi connectivity index (χ4n) is 3.16. The number of sulfonamides is 1. The second kappa shape index (κ2) is 6.82. The van der Waals surface area contributed by atoms with Crippen molar-refractivity contribution in [1.29, 1.82) is 5.26 Å². The van der Waals surface area contributed by atoms with Gasteiger partial charge in [0.15, 0.2) is 0 Å². The van der Waals surface area contributed by atoms with E-state index in [9.17, 15) is 8.42 Å². The molecule has 132 valence electrons. The summed E-state index contributed by atoms with van der Waals surface area (Å²) < 4.78 is 34.5. The highest BCUT2D eigenvalue weighted by molar-refractivity contribution is 7.89. The molecule has 3 aromatic rings. The van der Waals surface area contributed by atoms with E-state index in [0.717, 1.165) is 15.6 Å². The summed E-state index contributed by atoms with van der Waals surface area (Å²) in [5.41, 5.74) is 1.36. The monoisotopic (exact) mass is 384 g/mol. The Hall–Kier alpha value is -2.24. The van der Waals surface area contributed by atoms with Crippen LogP contribution in [-0.2, 0) is 14.8 Å². The van der Waals surface area contributed by atoms with Crippen LogP contribution in [-0.4, -0.2) is 32.4 Å². The van der Waals surface area contributed by atoms with E-state index in [2.05, 4.69) is 0 Å². The van der Waals surface area contributed by atoms with Gasteiger partial charge in [0.1, 0.15) is 0 Å². The average molecular weight is 384 g/mol. The van der Waals surface area contributed by atoms with Crippen LogP contribution < -0.4 is 0 Å². The van der Waals surface area contributed by atoms with Gasteiger partial charge >= 0.3 is 0 Å². The van der Waals surface area contributed by atoms with Crippen LogP contribution in [0.4, 0.5) is 0 Å². The van der Waals surface area contributed by atoms with Gasteiger partial charge in [-0.25, -0.2) is 8.42 Å². The molecular weight excluding hydrogens is 368 g/mol. The molecule has 0 aliphatic carbocycles. The first-order valence-electron chi connectivity index (χ1n) is 8.17. The molecule has 26 heavy (non-hydrogen) atoms. The second-order valence-corrected chi connectivity index (χ2v) is 8.90. The molecule has 0 spiro atoms. The molecule has 1 aliphatic rings. The van der Waals surface area contributed by atoms with Gasteiger partial charge in [0, 0.05) is 23.4 Å². The van der Waals surface area contributed by atoms with Gasteiger partial charge in [-0.05, 0) is 35.0 Å². The minimum atomic E-state index is -3.67. The molecule has 0 radical (unpaired) electrons. The molecule has 1 aromatic heterocycles. The normalized spacial score (nSPS) is 18.7. The van der Waals surface area contributed by atoms with Crippen molar-refractivity contribution >= 4 is 31.4 Å². The van der Waals surface area contributed by atoms with Gasteiger partial charge < -0.3 is 4.74 Å². The van der Waals surface area contributed by atoms with Crippen LogP contribution in [0.15, 0.2) is 58.8 Å². The van der Waals surface area contributed by atoms with Crippen LogP contribution in [0.5, 0.6) is 0 Å². The quantitative estimate of drug-likeness (QED) is 0.693. The third kappa shape index (κ3) is 3.02. The lowest BCUT2D eigenvalue weighted by molar-refractivity contribution is -0.00154. The number of fused-ring (bicyclic) bond motifs is 1. The molecule has 0 bridgehead atoms. The fourth-order valence-corrected chi connectivity index (χ4v) is 5.63. The summed E-state index contributed by atoms with van der Waals surface area (Å²) in [4.78, 5) is 0.146. The van der Waals surface area contributed by atoms with E-state index in [4.69, 9.17) is 10.00 Å². The van der Waals surface area contributed by atoms with Crippen molar-refractivity contribution in [2.75, 3.05) is 19.7 Å². The first kappa shape index (κ1) is 17.2. The molecular formula is C19H16N2O3S2. The summed E-state index contributed by atoms with van der Waals surface area (Å²) in [6.45, 7) is 0.906. The van der Waals surface area contributed by atoms with Crippen molar-refractivity contribution in [3.8, 4) is 6.07 Å². The Labute approximate surface area is 156 Å². The lowest BCUT2D eigenvalue weighted by Crippen LogP contribution is -2.42. The molecule has 0 amide bonds. The van der Waals surface area contributed by atoms with E-state index in [0.29, 0.717) is 18.7 Å². The summed E-state index contributed by atoms with van der Waals surface area (Å²) in [5, 5.41) is 12.2. The van der Waals surface area contributed by atoms with Gasteiger partial charge in [-0.3, -0.25) is 0 Å². The zero-order valence-corrected chi connectivity index (χ0v) is 15.5. The number of benzene rings is 2. The van der Waals surface area contributed by atoms with Crippen LogP contribution >= 0.6 is 11.3 Å². The maximum absolute atomic E-state index is 13.0. The minimum absolute atomic E-state index is 0.146. The van der Waals surface area contributed by atoms with Gasteiger partial charge in [0.05, 0.1) is 29.2 Å². The molecule has 4 rings (SSSR count). The predicted octanol–water partition coefficient (Wildman–Crippen LogP) is 3.54. The summed E-state index contributed by atoms with van der Waals surface area (Å²) in [6, 6.07) is 16.2. The summed E-state index contributed by atoms with van der Waals surface area (Å²) in [5.74, 6) is 0. The van der Waals surface area contributed by atoms with E-state index < -0.39 is 10.0 Å². The molecule has 2 heterocycles. The molecule has 1 atom stereocenters. The SMILES string of the molecule is N#Cc1cccc(S(=O)(=O)N2CCO[C@H](c3csc4ccccc34)C2)c1. The third-order valence-corrected chi connectivity index (χ3v) is 7.33. The molecule has 1 fully saturated rings. The first-order valence-corrected chi connectivity index (χ1v) is 10.5. The minimum Gasteiger partial charge on any atom is -0.371 e. The smallest absolute Gasteiger partial charge is 0.243 e. The number of hydrogen-bond acceptors (Lipinski definition) is 5. The van der Waals surface area contributed by atoms with E-state index in [1.54, 1.807) is 23.5 Å². The number of nitriles is 1. The summed E-state index contributed by atoms with van der Waals surface area (Å²) in [7, 11) is -3.67. The summed E-state index contributed by atoms with van der Waals surface area (Å²) in [6.07, 6.45) is -0.297. The highest BCUT2D eigenvalue weighted by atomic mass is 32.2. The summed E-state index contributed by atoms with van der Waals surface area (Å²) >= 11 is 1.63. The molecule has 7 heteroatoms. The molecule has 2 aromatic carbocycles. The predicted molar refractivity (Wildman–Crippen MR) is 100 cm³/mol. The number of thiophene rings is 1. The third-order valence-electron chi connectivity index (χ3n) is 4.49. The molecule has 5 nitrogen and oxygen atoms in total. The Morgan fingerprint density at radius 3 is 2.88 bits per heavy atom. The van der Waals surface area contributed by atoms with Crippen molar-refractivity contribution in [3.63, 3.8) is 0 Å². The van der Waals surface area contributed by atoms with E-state index >= 15 is 0 Å². The van der Waals surface area contributed by atoms with Crippen molar-refractivity contribution in [3.05, 3.63) is 65.0 Å².